The summed E-state index contributed by atoms with van der Waals surface area (Å²) in [6.07, 6.45) is 1.58. The second-order valence-electron chi connectivity index (χ2n) is 5.48. The molecule has 1 N–H and O–H groups in total. The van der Waals surface area contributed by atoms with Crippen LogP contribution in [0.1, 0.15) is 39.7 Å². The van der Waals surface area contributed by atoms with Crippen molar-refractivity contribution in [2.75, 3.05) is 13.2 Å². The van der Waals surface area contributed by atoms with Crippen LogP contribution < -0.4 is 5.32 Å². The van der Waals surface area contributed by atoms with E-state index in [4.69, 9.17) is 16.3 Å². The maximum atomic E-state index is 13.9. The monoisotopic (exact) mass is 301 g/mol. The highest BCUT2D eigenvalue weighted by Crippen LogP contribution is 2.22. The lowest BCUT2D eigenvalue weighted by atomic mass is 9.91. The van der Waals surface area contributed by atoms with E-state index in [-0.39, 0.29) is 17.5 Å². The van der Waals surface area contributed by atoms with Crippen molar-refractivity contribution < 1.29 is 9.13 Å². The van der Waals surface area contributed by atoms with Gasteiger partial charge in [0.05, 0.1) is 5.60 Å². The first-order valence-corrected chi connectivity index (χ1v) is 7.59. The van der Waals surface area contributed by atoms with E-state index >= 15 is 0 Å². The van der Waals surface area contributed by atoms with Crippen LogP contribution in [-0.4, -0.2) is 24.8 Å². The Kier molecular flexibility index (Phi) is 6.93. The van der Waals surface area contributed by atoms with Gasteiger partial charge in [-0.25, -0.2) is 4.39 Å². The minimum atomic E-state index is -0.362. The molecule has 0 aliphatic carbocycles. The molecule has 1 aromatic rings. The van der Waals surface area contributed by atoms with E-state index in [1.54, 1.807) is 12.1 Å². The Labute approximate surface area is 126 Å². The van der Waals surface area contributed by atoms with Gasteiger partial charge in [0, 0.05) is 17.7 Å². The standard InChI is InChI=1S/C16H25ClFNO/c1-5-9-19-15(16(3,4)20-6-2)11-12-10-13(17)7-8-14(12)18/h7-8,10,15,19H,5-6,9,11H2,1-4H3. The molecule has 20 heavy (non-hydrogen) atoms. The lowest BCUT2D eigenvalue weighted by Crippen LogP contribution is -2.50. The van der Waals surface area contributed by atoms with E-state index in [1.807, 2.05) is 20.8 Å². The van der Waals surface area contributed by atoms with Crippen molar-refractivity contribution in [3.05, 3.63) is 34.6 Å². The van der Waals surface area contributed by atoms with Gasteiger partial charge in [-0.3, -0.25) is 0 Å². The Morgan fingerprint density at radius 3 is 2.65 bits per heavy atom. The molecule has 1 unspecified atom stereocenters. The molecule has 0 fully saturated rings. The van der Waals surface area contributed by atoms with Crippen LogP contribution in [0.4, 0.5) is 4.39 Å². The fraction of sp³-hybridized carbons (Fsp3) is 0.625. The zero-order valence-electron chi connectivity index (χ0n) is 12.8. The second-order valence-corrected chi connectivity index (χ2v) is 5.92. The molecule has 0 spiro atoms. The van der Waals surface area contributed by atoms with Crippen LogP contribution in [-0.2, 0) is 11.2 Å². The molecule has 4 heteroatoms. The number of nitrogens with one attached hydrogen (secondary N) is 1. The molecule has 1 atom stereocenters. The summed E-state index contributed by atoms with van der Waals surface area (Å²) >= 11 is 5.96. The summed E-state index contributed by atoms with van der Waals surface area (Å²) < 4.78 is 19.7. The van der Waals surface area contributed by atoms with Crippen LogP contribution in [0.2, 0.25) is 5.02 Å². The van der Waals surface area contributed by atoms with E-state index in [0.29, 0.717) is 23.6 Å². The van der Waals surface area contributed by atoms with Gasteiger partial charge < -0.3 is 10.1 Å². The molecule has 0 heterocycles. The molecule has 0 aliphatic heterocycles. The summed E-state index contributed by atoms with van der Waals surface area (Å²) in [7, 11) is 0. The highest BCUT2D eigenvalue weighted by atomic mass is 35.5. The maximum Gasteiger partial charge on any atom is 0.126 e. The first kappa shape index (κ1) is 17.4. The Hall–Kier alpha value is -0.640. The average molecular weight is 302 g/mol. The predicted molar refractivity (Wildman–Crippen MR) is 82.9 cm³/mol. The summed E-state index contributed by atoms with van der Waals surface area (Å²) in [6.45, 7) is 9.66. The van der Waals surface area contributed by atoms with Crippen LogP contribution in [0.3, 0.4) is 0 Å². The molecule has 0 aliphatic rings. The van der Waals surface area contributed by atoms with Crippen molar-refractivity contribution in [3.8, 4) is 0 Å². The third-order valence-electron chi connectivity index (χ3n) is 3.43. The number of rotatable bonds is 8. The molecular weight excluding hydrogens is 277 g/mol. The summed E-state index contributed by atoms with van der Waals surface area (Å²) in [5.41, 5.74) is 0.262. The zero-order valence-corrected chi connectivity index (χ0v) is 13.6. The van der Waals surface area contributed by atoms with Crippen molar-refractivity contribution in [2.24, 2.45) is 0 Å². The van der Waals surface area contributed by atoms with Gasteiger partial charge in [0.25, 0.3) is 0 Å². The van der Waals surface area contributed by atoms with Crippen LogP contribution >= 0.6 is 11.6 Å². The molecule has 1 rings (SSSR count). The molecule has 0 amide bonds. The Balaban J connectivity index is 2.91. The quantitative estimate of drug-likeness (QED) is 0.777. The number of hydrogen-bond acceptors (Lipinski definition) is 2. The zero-order chi connectivity index (χ0) is 15.2. The van der Waals surface area contributed by atoms with Gasteiger partial charge in [0.1, 0.15) is 5.82 Å². The SMILES string of the molecule is CCCNC(Cc1cc(Cl)ccc1F)C(C)(C)OCC. The van der Waals surface area contributed by atoms with Crippen LogP contribution in [0.25, 0.3) is 0 Å². The topological polar surface area (TPSA) is 21.3 Å². The van der Waals surface area contributed by atoms with E-state index in [9.17, 15) is 4.39 Å². The number of halogens is 2. The summed E-state index contributed by atoms with van der Waals surface area (Å²) in [5, 5.41) is 4.01. The molecule has 0 bridgehead atoms. The van der Waals surface area contributed by atoms with Crippen molar-refractivity contribution in [1.82, 2.24) is 5.32 Å². The van der Waals surface area contributed by atoms with E-state index in [2.05, 4.69) is 12.2 Å². The Bertz CT molecular complexity index is 423. The number of benzene rings is 1. The number of hydrogen-bond donors (Lipinski definition) is 1. The largest absolute Gasteiger partial charge is 0.374 e. The Morgan fingerprint density at radius 1 is 1.35 bits per heavy atom. The van der Waals surface area contributed by atoms with Gasteiger partial charge in [0.2, 0.25) is 0 Å². The van der Waals surface area contributed by atoms with Gasteiger partial charge in [-0.1, -0.05) is 18.5 Å². The summed E-state index contributed by atoms with van der Waals surface area (Å²) in [5.74, 6) is -0.218. The average Bonchev–Trinajstić information content (AvgIpc) is 2.38. The second kappa shape index (κ2) is 7.96. The molecule has 1 aromatic carbocycles. The summed E-state index contributed by atoms with van der Waals surface area (Å²) in [4.78, 5) is 0. The smallest absolute Gasteiger partial charge is 0.126 e. The van der Waals surface area contributed by atoms with E-state index in [0.717, 1.165) is 13.0 Å². The van der Waals surface area contributed by atoms with E-state index < -0.39 is 0 Å². The highest BCUT2D eigenvalue weighted by molar-refractivity contribution is 6.30. The highest BCUT2D eigenvalue weighted by Gasteiger charge is 2.30. The Morgan fingerprint density at radius 2 is 2.05 bits per heavy atom. The van der Waals surface area contributed by atoms with Crippen LogP contribution in [0.15, 0.2) is 18.2 Å². The van der Waals surface area contributed by atoms with Crippen molar-refractivity contribution in [3.63, 3.8) is 0 Å². The third kappa shape index (κ3) is 5.04. The van der Waals surface area contributed by atoms with Crippen LogP contribution in [0, 0.1) is 5.82 Å². The molecule has 0 aromatic heterocycles. The molecule has 114 valence electrons. The maximum absolute atomic E-state index is 13.9. The van der Waals surface area contributed by atoms with E-state index in [1.165, 1.54) is 6.07 Å². The fourth-order valence-electron chi connectivity index (χ4n) is 2.27. The third-order valence-corrected chi connectivity index (χ3v) is 3.66. The van der Waals surface area contributed by atoms with Gasteiger partial charge in [-0.2, -0.15) is 0 Å². The van der Waals surface area contributed by atoms with Crippen molar-refractivity contribution in [2.45, 2.75) is 52.2 Å². The minimum absolute atomic E-state index is 0.0374. The van der Waals surface area contributed by atoms with Gasteiger partial charge in [-0.15, -0.1) is 0 Å². The molecule has 0 radical (unpaired) electrons. The van der Waals surface area contributed by atoms with Crippen molar-refractivity contribution >= 4 is 11.6 Å². The van der Waals surface area contributed by atoms with Gasteiger partial charge in [-0.05, 0) is 63.9 Å². The van der Waals surface area contributed by atoms with Crippen molar-refractivity contribution in [1.29, 1.82) is 0 Å². The minimum Gasteiger partial charge on any atom is -0.374 e. The fourth-order valence-corrected chi connectivity index (χ4v) is 2.47. The predicted octanol–water partition coefficient (Wildman–Crippen LogP) is 4.20. The first-order valence-electron chi connectivity index (χ1n) is 7.22. The first-order chi connectivity index (χ1) is 9.40. The summed E-state index contributed by atoms with van der Waals surface area (Å²) in [6, 6.07) is 4.72. The molecule has 0 saturated carbocycles. The molecular formula is C16H25ClFNO. The molecule has 2 nitrogen and oxygen atoms in total. The lowest BCUT2D eigenvalue weighted by molar-refractivity contribution is -0.0381. The number of ether oxygens (including phenoxy) is 1. The van der Waals surface area contributed by atoms with Gasteiger partial charge >= 0.3 is 0 Å². The van der Waals surface area contributed by atoms with Gasteiger partial charge in [0.15, 0.2) is 0 Å². The lowest BCUT2D eigenvalue weighted by Gasteiger charge is -2.35. The normalized spacial score (nSPS) is 13.5. The van der Waals surface area contributed by atoms with Crippen LogP contribution in [0.5, 0.6) is 0 Å². The molecule has 0 saturated heterocycles.